The van der Waals surface area contributed by atoms with Crippen LogP contribution in [0, 0.1) is 13.8 Å². The molecular formula is C17H18N6OS2. The molecule has 134 valence electrons. The van der Waals surface area contributed by atoms with Crippen LogP contribution in [-0.4, -0.2) is 24.7 Å². The second kappa shape index (κ2) is 6.73. The molecule has 4 aromatic rings. The topological polar surface area (TPSA) is 95.6 Å². The largest absolute Gasteiger partial charge is 0.467 e. The number of anilines is 1. The fraction of sp³-hybridized carbons (Fsp3) is 0.294. The first-order valence-electron chi connectivity index (χ1n) is 8.13. The highest BCUT2D eigenvalue weighted by Gasteiger charge is 2.19. The summed E-state index contributed by atoms with van der Waals surface area (Å²) in [5, 5.41) is 9.98. The Bertz CT molecular complexity index is 1050. The van der Waals surface area contributed by atoms with E-state index in [1.807, 2.05) is 23.6 Å². The molecule has 2 N–H and O–H groups in total. The predicted molar refractivity (Wildman–Crippen MR) is 103 cm³/mol. The summed E-state index contributed by atoms with van der Waals surface area (Å²) in [6.45, 7) is 6.77. The number of thioether (sulfide) groups is 1. The van der Waals surface area contributed by atoms with Gasteiger partial charge in [0.2, 0.25) is 0 Å². The normalized spacial score (nSPS) is 12.7. The molecule has 4 rings (SSSR count). The zero-order valence-electron chi connectivity index (χ0n) is 14.6. The van der Waals surface area contributed by atoms with Crippen LogP contribution >= 0.6 is 23.1 Å². The first kappa shape index (κ1) is 17.0. The lowest BCUT2D eigenvalue weighted by atomic mass is 10.2. The number of thiophene rings is 1. The summed E-state index contributed by atoms with van der Waals surface area (Å²) < 4.78 is 7.35. The van der Waals surface area contributed by atoms with E-state index in [4.69, 9.17) is 15.1 Å². The second-order valence-corrected chi connectivity index (χ2v) is 8.52. The van der Waals surface area contributed by atoms with E-state index >= 15 is 0 Å². The van der Waals surface area contributed by atoms with Gasteiger partial charge in [-0.05, 0) is 38.5 Å². The average molecular weight is 387 g/mol. The number of nitrogens with two attached hydrogens (primary N) is 1. The van der Waals surface area contributed by atoms with E-state index in [0.717, 1.165) is 26.7 Å². The molecule has 1 unspecified atom stereocenters. The molecule has 0 spiro atoms. The zero-order valence-corrected chi connectivity index (χ0v) is 16.3. The van der Waals surface area contributed by atoms with Gasteiger partial charge in [-0.3, -0.25) is 0 Å². The van der Waals surface area contributed by atoms with Crippen molar-refractivity contribution < 1.29 is 4.42 Å². The van der Waals surface area contributed by atoms with Gasteiger partial charge in [-0.1, -0.05) is 11.8 Å². The van der Waals surface area contributed by atoms with Crippen molar-refractivity contribution >= 4 is 39.1 Å². The molecule has 26 heavy (non-hydrogen) atoms. The Morgan fingerprint density at radius 1 is 1.35 bits per heavy atom. The first-order valence-corrected chi connectivity index (χ1v) is 9.82. The van der Waals surface area contributed by atoms with Crippen LogP contribution in [-0.2, 0) is 6.54 Å². The van der Waals surface area contributed by atoms with E-state index in [-0.39, 0.29) is 5.25 Å². The first-order chi connectivity index (χ1) is 12.5. The SMILES string of the molecule is Cc1sc2nc(C(C)Sc3nncn3Cc3ccco3)nc(N)c2c1C. The highest BCUT2D eigenvalue weighted by atomic mass is 32.2. The van der Waals surface area contributed by atoms with E-state index in [1.54, 1.807) is 35.7 Å². The van der Waals surface area contributed by atoms with Gasteiger partial charge < -0.3 is 14.7 Å². The molecule has 4 aromatic heterocycles. The number of furan rings is 1. The number of hydrogen-bond acceptors (Lipinski definition) is 8. The van der Waals surface area contributed by atoms with Gasteiger partial charge in [0.05, 0.1) is 23.4 Å². The molecule has 0 aromatic carbocycles. The summed E-state index contributed by atoms with van der Waals surface area (Å²) >= 11 is 3.20. The molecule has 0 amide bonds. The molecule has 0 saturated heterocycles. The van der Waals surface area contributed by atoms with E-state index in [1.165, 1.54) is 4.88 Å². The lowest BCUT2D eigenvalue weighted by Gasteiger charge is -2.11. The minimum absolute atomic E-state index is 0.0102. The van der Waals surface area contributed by atoms with Crippen molar-refractivity contribution in [1.29, 1.82) is 0 Å². The van der Waals surface area contributed by atoms with Crippen molar-refractivity contribution in [3.63, 3.8) is 0 Å². The van der Waals surface area contributed by atoms with Crippen molar-refractivity contribution in [2.75, 3.05) is 5.73 Å². The van der Waals surface area contributed by atoms with Crippen LogP contribution in [0.25, 0.3) is 10.2 Å². The maximum Gasteiger partial charge on any atom is 0.192 e. The lowest BCUT2D eigenvalue weighted by Crippen LogP contribution is -2.04. The van der Waals surface area contributed by atoms with Gasteiger partial charge in [-0.25, -0.2) is 9.97 Å². The highest BCUT2D eigenvalue weighted by Crippen LogP contribution is 2.36. The number of rotatable bonds is 5. The molecule has 0 aliphatic carbocycles. The average Bonchev–Trinajstić information content (AvgIpc) is 3.32. The monoisotopic (exact) mass is 386 g/mol. The van der Waals surface area contributed by atoms with E-state index in [2.05, 4.69) is 29.0 Å². The van der Waals surface area contributed by atoms with Gasteiger partial charge in [0.1, 0.15) is 28.6 Å². The standard InChI is InChI=1S/C17H18N6OS2/c1-9-10(2)25-16-13(9)14(18)20-15(21-16)11(3)26-17-22-19-8-23(17)7-12-5-4-6-24-12/h4-6,8,11H,7H2,1-3H3,(H2,18,20,21). The third-order valence-electron chi connectivity index (χ3n) is 4.21. The van der Waals surface area contributed by atoms with Gasteiger partial charge in [-0.15, -0.1) is 21.5 Å². The van der Waals surface area contributed by atoms with Gasteiger partial charge in [0.25, 0.3) is 0 Å². The van der Waals surface area contributed by atoms with Crippen LogP contribution < -0.4 is 5.73 Å². The molecule has 0 aliphatic rings. The Hall–Kier alpha value is -2.39. The van der Waals surface area contributed by atoms with Crippen molar-refractivity contribution in [2.45, 2.75) is 37.7 Å². The smallest absolute Gasteiger partial charge is 0.192 e. The van der Waals surface area contributed by atoms with Crippen LogP contribution in [0.1, 0.15) is 34.2 Å². The number of nitrogens with zero attached hydrogens (tertiary/aromatic N) is 5. The third kappa shape index (κ3) is 3.08. The molecule has 0 bridgehead atoms. The Labute approximate surface area is 158 Å². The van der Waals surface area contributed by atoms with Gasteiger partial charge in [0.15, 0.2) is 5.16 Å². The maximum absolute atomic E-state index is 6.20. The van der Waals surface area contributed by atoms with Crippen molar-refractivity contribution in [3.05, 3.63) is 46.7 Å². The molecule has 0 radical (unpaired) electrons. The minimum atomic E-state index is -0.0102. The number of nitrogen functional groups attached to an aromatic ring is 1. The maximum atomic E-state index is 6.20. The molecule has 7 nitrogen and oxygen atoms in total. The van der Waals surface area contributed by atoms with Crippen LogP contribution in [0.3, 0.4) is 0 Å². The summed E-state index contributed by atoms with van der Waals surface area (Å²) in [6.07, 6.45) is 3.36. The number of hydrogen-bond donors (Lipinski definition) is 1. The quantitative estimate of drug-likeness (QED) is 0.518. The summed E-state index contributed by atoms with van der Waals surface area (Å²) in [5.74, 6) is 2.09. The zero-order chi connectivity index (χ0) is 18.3. The number of aromatic nitrogens is 5. The Morgan fingerprint density at radius 2 is 2.19 bits per heavy atom. The summed E-state index contributed by atoms with van der Waals surface area (Å²) in [5.41, 5.74) is 7.36. The van der Waals surface area contributed by atoms with E-state index in [9.17, 15) is 0 Å². The fourth-order valence-corrected chi connectivity index (χ4v) is 4.62. The molecule has 0 saturated carbocycles. The number of fused-ring (bicyclic) bond motifs is 1. The Kier molecular flexibility index (Phi) is 4.41. The van der Waals surface area contributed by atoms with Gasteiger partial charge in [0, 0.05) is 4.88 Å². The second-order valence-electron chi connectivity index (χ2n) is 6.01. The summed E-state index contributed by atoms with van der Waals surface area (Å²) in [7, 11) is 0. The minimum Gasteiger partial charge on any atom is -0.467 e. The molecule has 4 heterocycles. The van der Waals surface area contributed by atoms with Crippen LogP contribution in [0.15, 0.2) is 34.3 Å². The van der Waals surface area contributed by atoms with Crippen molar-refractivity contribution in [2.24, 2.45) is 0 Å². The summed E-state index contributed by atoms with van der Waals surface area (Å²) in [6, 6.07) is 3.79. The molecule has 0 fully saturated rings. The lowest BCUT2D eigenvalue weighted by molar-refractivity contribution is 0.484. The predicted octanol–water partition coefficient (Wildman–Crippen LogP) is 3.98. The Balaban J connectivity index is 1.60. The highest BCUT2D eigenvalue weighted by molar-refractivity contribution is 7.99. The van der Waals surface area contributed by atoms with Crippen molar-refractivity contribution in [1.82, 2.24) is 24.7 Å². The molecular weight excluding hydrogens is 368 g/mol. The third-order valence-corrected chi connectivity index (χ3v) is 6.40. The van der Waals surface area contributed by atoms with Crippen LogP contribution in [0.4, 0.5) is 5.82 Å². The van der Waals surface area contributed by atoms with Gasteiger partial charge >= 0.3 is 0 Å². The van der Waals surface area contributed by atoms with E-state index < -0.39 is 0 Å². The van der Waals surface area contributed by atoms with Gasteiger partial charge in [-0.2, -0.15) is 0 Å². The summed E-state index contributed by atoms with van der Waals surface area (Å²) in [4.78, 5) is 11.4. The fourth-order valence-electron chi connectivity index (χ4n) is 2.70. The van der Waals surface area contributed by atoms with Crippen LogP contribution in [0.2, 0.25) is 0 Å². The van der Waals surface area contributed by atoms with E-state index in [0.29, 0.717) is 18.2 Å². The molecule has 1 atom stereocenters. The van der Waals surface area contributed by atoms with Crippen molar-refractivity contribution in [3.8, 4) is 0 Å². The number of aryl methyl sites for hydroxylation is 2. The molecule has 9 heteroatoms. The Morgan fingerprint density at radius 3 is 2.96 bits per heavy atom. The molecule has 0 aliphatic heterocycles. The van der Waals surface area contributed by atoms with Crippen LogP contribution in [0.5, 0.6) is 0 Å².